The summed E-state index contributed by atoms with van der Waals surface area (Å²) in [6.45, 7) is 2.21. The third-order valence-electron chi connectivity index (χ3n) is 1.33. The molecular formula is C7H9N5O. The van der Waals surface area contributed by atoms with Crippen molar-refractivity contribution in [3.05, 3.63) is 5.56 Å². The van der Waals surface area contributed by atoms with Crippen molar-refractivity contribution in [1.82, 2.24) is 9.97 Å². The Morgan fingerprint density at radius 1 is 1.38 bits per heavy atom. The molecule has 13 heavy (non-hydrogen) atoms. The first kappa shape index (κ1) is 9.06. The highest BCUT2D eigenvalue weighted by atomic mass is 16.5. The van der Waals surface area contributed by atoms with Gasteiger partial charge in [0.15, 0.2) is 11.6 Å². The van der Waals surface area contributed by atoms with Gasteiger partial charge in [-0.05, 0) is 6.92 Å². The number of nitrogens with two attached hydrogens (primary N) is 2. The van der Waals surface area contributed by atoms with E-state index in [-0.39, 0.29) is 23.2 Å². The Balaban J connectivity index is 3.14. The van der Waals surface area contributed by atoms with E-state index in [9.17, 15) is 0 Å². The van der Waals surface area contributed by atoms with Crippen LogP contribution in [0.4, 0.5) is 11.6 Å². The first-order chi connectivity index (χ1) is 6.19. The molecule has 0 saturated heterocycles. The van der Waals surface area contributed by atoms with Gasteiger partial charge < -0.3 is 16.2 Å². The molecule has 1 rings (SSSR count). The smallest absolute Gasteiger partial charge is 0.320 e. The Morgan fingerprint density at radius 3 is 2.31 bits per heavy atom. The highest BCUT2D eigenvalue weighted by Crippen LogP contribution is 2.17. The van der Waals surface area contributed by atoms with Crippen LogP contribution in [0.3, 0.4) is 0 Å². The average Bonchev–Trinajstić information content (AvgIpc) is 2.04. The van der Waals surface area contributed by atoms with Crippen LogP contribution in [0.25, 0.3) is 0 Å². The molecule has 0 spiro atoms. The monoisotopic (exact) mass is 179 g/mol. The summed E-state index contributed by atoms with van der Waals surface area (Å²) in [5, 5.41) is 8.59. The molecule has 0 bridgehead atoms. The molecular weight excluding hydrogens is 170 g/mol. The Bertz CT molecular complexity index is 333. The number of anilines is 2. The van der Waals surface area contributed by atoms with Gasteiger partial charge in [-0.2, -0.15) is 15.2 Å². The predicted molar refractivity (Wildman–Crippen MR) is 46.7 cm³/mol. The normalized spacial score (nSPS) is 9.23. The van der Waals surface area contributed by atoms with E-state index in [0.717, 1.165) is 0 Å². The van der Waals surface area contributed by atoms with E-state index in [1.807, 2.05) is 0 Å². The second-order valence-corrected chi connectivity index (χ2v) is 2.20. The van der Waals surface area contributed by atoms with E-state index in [0.29, 0.717) is 6.61 Å². The number of hydrogen-bond donors (Lipinski definition) is 2. The van der Waals surface area contributed by atoms with Crippen molar-refractivity contribution < 1.29 is 4.74 Å². The Kier molecular flexibility index (Phi) is 2.50. The molecule has 0 aromatic carbocycles. The number of aromatic nitrogens is 2. The molecule has 0 atom stereocenters. The first-order valence-corrected chi connectivity index (χ1v) is 3.65. The van der Waals surface area contributed by atoms with E-state index in [2.05, 4.69) is 9.97 Å². The lowest BCUT2D eigenvalue weighted by atomic mass is 10.3. The summed E-state index contributed by atoms with van der Waals surface area (Å²) in [4.78, 5) is 7.47. The molecule has 6 nitrogen and oxygen atoms in total. The quantitative estimate of drug-likeness (QED) is 0.656. The second kappa shape index (κ2) is 3.58. The molecule has 1 heterocycles. The third kappa shape index (κ3) is 1.76. The lowest BCUT2D eigenvalue weighted by Crippen LogP contribution is -2.06. The fraction of sp³-hybridized carbons (Fsp3) is 0.286. The molecule has 0 aliphatic carbocycles. The minimum absolute atomic E-state index is 0.0402. The molecule has 0 fully saturated rings. The molecule has 0 amide bonds. The van der Waals surface area contributed by atoms with Gasteiger partial charge in [-0.1, -0.05) is 0 Å². The topological polar surface area (TPSA) is 111 Å². The van der Waals surface area contributed by atoms with E-state index in [4.69, 9.17) is 21.5 Å². The van der Waals surface area contributed by atoms with E-state index >= 15 is 0 Å². The molecule has 1 aromatic heterocycles. The molecule has 6 heteroatoms. The van der Waals surface area contributed by atoms with E-state index < -0.39 is 0 Å². The summed E-state index contributed by atoms with van der Waals surface area (Å²) < 4.78 is 4.98. The number of nitrogens with zero attached hydrogens (tertiary/aromatic N) is 3. The summed E-state index contributed by atoms with van der Waals surface area (Å²) in [7, 11) is 0. The van der Waals surface area contributed by atoms with Crippen LogP contribution in [0.1, 0.15) is 12.5 Å². The molecule has 0 saturated carbocycles. The number of ether oxygens (including phenoxy) is 1. The summed E-state index contributed by atoms with van der Waals surface area (Å²) in [6.07, 6.45) is 0. The zero-order valence-corrected chi connectivity index (χ0v) is 7.11. The first-order valence-electron chi connectivity index (χ1n) is 3.65. The van der Waals surface area contributed by atoms with Crippen molar-refractivity contribution in [3.63, 3.8) is 0 Å². The molecule has 0 aliphatic heterocycles. The summed E-state index contributed by atoms with van der Waals surface area (Å²) in [6, 6.07) is 1.90. The summed E-state index contributed by atoms with van der Waals surface area (Å²) in [5.74, 6) is 0.0805. The molecule has 4 N–H and O–H groups in total. The Hall–Kier alpha value is -2.03. The maximum absolute atomic E-state index is 8.59. The summed E-state index contributed by atoms with van der Waals surface area (Å²) >= 11 is 0. The van der Waals surface area contributed by atoms with Gasteiger partial charge >= 0.3 is 6.01 Å². The lowest BCUT2D eigenvalue weighted by Gasteiger charge is -2.04. The molecule has 0 radical (unpaired) electrons. The van der Waals surface area contributed by atoms with Crippen molar-refractivity contribution in [2.24, 2.45) is 0 Å². The maximum Gasteiger partial charge on any atom is 0.320 e. The number of rotatable bonds is 2. The fourth-order valence-electron chi connectivity index (χ4n) is 0.782. The molecule has 0 unspecified atom stereocenters. The second-order valence-electron chi connectivity index (χ2n) is 2.20. The van der Waals surface area contributed by atoms with Crippen LogP contribution in [0, 0.1) is 11.3 Å². The van der Waals surface area contributed by atoms with Crippen LogP contribution < -0.4 is 16.2 Å². The van der Waals surface area contributed by atoms with Gasteiger partial charge in [-0.3, -0.25) is 0 Å². The number of nitrogen functional groups attached to an aromatic ring is 2. The highest BCUT2D eigenvalue weighted by molar-refractivity contribution is 5.60. The molecule has 1 aromatic rings. The van der Waals surface area contributed by atoms with Crippen molar-refractivity contribution in [3.8, 4) is 12.1 Å². The molecule has 68 valence electrons. The Morgan fingerprint density at radius 2 is 1.92 bits per heavy atom. The van der Waals surface area contributed by atoms with Crippen LogP contribution >= 0.6 is 0 Å². The minimum Gasteiger partial charge on any atom is -0.464 e. The zero-order valence-electron chi connectivity index (χ0n) is 7.11. The van der Waals surface area contributed by atoms with Gasteiger partial charge in [0.05, 0.1) is 6.61 Å². The number of nitriles is 1. The fourth-order valence-corrected chi connectivity index (χ4v) is 0.782. The Labute approximate surface area is 75.2 Å². The van der Waals surface area contributed by atoms with E-state index in [1.54, 1.807) is 13.0 Å². The molecule has 0 aliphatic rings. The van der Waals surface area contributed by atoms with Gasteiger partial charge in [0.2, 0.25) is 0 Å². The van der Waals surface area contributed by atoms with Crippen LogP contribution in [0.5, 0.6) is 6.01 Å². The van der Waals surface area contributed by atoms with Crippen molar-refractivity contribution in [2.45, 2.75) is 6.92 Å². The van der Waals surface area contributed by atoms with Crippen molar-refractivity contribution in [1.29, 1.82) is 5.26 Å². The standard InChI is InChI=1S/C7H9N5O/c1-2-13-7-11-5(9)4(3-8)6(10)12-7/h2H2,1H3,(H4,9,10,11,12). The van der Waals surface area contributed by atoms with Gasteiger partial charge in [-0.25, -0.2) is 0 Å². The third-order valence-corrected chi connectivity index (χ3v) is 1.33. The minimum atomic E-state index is 0.0402. The highest BCUT2D eigenvalue weighted by Gasteiger charge is 2.09. The van der Waals surface area contributed by atoms with Crippen LogP contribution in [0.2, 0.25) is 0 Å². The average molecular weight is 179 g/mol. The lowest BCUT2D eigenvalue weighted by molar-refractivity contribution is 0.313. The van der Waals surface area contributed by atoms with Gasteiger partial charge in [0.25, 0.3) is 0 Å². The summed E-state index contributed by atoms with van der Waals surface area (Å²) in [5.41, 5.74) is 10.9. The van der Waals surface area contributed by atoms with Crippen LogP contribution in [0.15, 0.2) is 0 Å². The van der Waals surface area contributed by atoms with Crippen LogP contribution in [-0.4, -0.2) is 16.6 Å². The van der Waals surface area contributed by atoms with E-state index in [1.165, 1.54) is 0 Å². The predicted octanol–water partition coefficient (Wildman–Crippen LogP) is -0.0886. The van der Waals surface area contributed by atoms with Crippen LogP contribution in [-0.2, 0) is 0 Å². The van der Waals surface area contributed by atoms with Gasteiger partial charge in [0, 0.05) is 0 Å². The van der Waals surface area contributed by atoms with Crippen molar-refractivity contribution >= 4 is 11.6 Å². The SMILES string of the molecule is CCOc1nc(N)c(C#N)c(N)n1. The van der Waals surface area contributed by atoms with Crippen molar-refractivity contribution in [2.75, 3.05) is 18.1 Å². The number of hydrogen-bond acceptors (Lipinski definition) is 6. The van der Waals surface area contributed by atoms with Gasteiger partial charge in [-0.15, -0.1) is 0 Å². The zero-order chi connectivity index (χ0) is 9.84. The van der Waals surface area contributed by atoms with Gasteiger partial charge in [0.1, 0.15) is 11.6 Å². The largest absolute Gasteiger partial charge is 0.464 e. The maximum atomic E-state index is 8.59.